The zero-order valence-electron chi connectivity index (χ0n) is 16.7. The number of rotatable bonds is 5. The average molecular weight is 482 g/mol. The third-order valence-corrected chi connectivity index (χ3v) is 6.22. The van der Waals surface area contributed by atoms with Crippen LogP contribution in [0.1, 0.15) is 47.6 Å². The molecule has 1 unspecified atom stereocenters. The molecule has 1 aliphatic carbocycles. The molecule has 4 rings (SSSR count). The molecule has 32 heavy (non-hydrogen) atoms. The van der Waals surface area contributed by atoms with Gasteiger partial charge in [0.05, 0.1) is 34.6 Å². The van der Waals surface area contributed by atoms with Crippen molar-refractivity contribution in [2.45, 2.75) is 43.5 Å². The summed E-state index contributed by atoms with van der Waals surface area (Å²) in [6.07, 6.45) is 3.43. The van der Waals surface area contributed by atoms with E-state index in [1.54, 1.807) is 0 Å². The third-order valence-electron chi connectivity index (χ3n) is 5.61. The molecule has 1 aromatic carbocycles. The van der Waals surface area contributed by atoms with Crippen molar-refractivity contribution in [1.29, 1.82) is 0 Å². The van der Waals surface area contributed by atoms with Gasteiger partial charge in [-0.05, 0) is 37.3 Å². The number of halogens is 4. The van der Waals surface area contributed by atoms with E-state index >= 15 is 0 Å². The summed E-state index contributed by atoms with van der Waals surface area (Å²) in [6, 6.07) is 4.45. The molecular formula is C21H19Cl2F2N5O2. The molecule has 3 aromatic rings. The summed E-state index contributed by atoms with van der Waals surface area (Å²) in [4.78, 5) is 18.5. The minimum atomic E-state index is -1.53. The summed E-state index contributed by atoms with van der Waals surface area (Å²) in [7, 11) is 0. The number of carbonyl (C=O) groups excluding carboxylic acids is 1. The Hall–Kier alpha value is -2.62. The number of nitrogens with one attached hydrogen (secondary N) is 1. The lowest BCUT2D eigenvalue weighted by Gasteiger charge is -2.41. The molecule has 7 nitrogen and oxygen atoms in total. The molecule has 2 N–H and O–H groups in total. The quantitative estimate of drug-likeness (QED) is 0.532. The van der Waals surface area contributed by atoms with Gasteiger partial charge in [-0.1, -0.05) is 35.3 Å². The van der Waals surface area contributed by atoms with Crippen LogP contribution in [-0.2, 0) is 0 Å². The van der Waals surface area contributed by atoms with Gasteiger partial charge in [-0.2, -0.15) is 15.0 Å². The molecule has 0 radical (unpaired) electrons. The van der Waals surface area contributed by atoms with Crippen molar-refractivity contribution in [3.63, 3.8) is 0 Å². The van der Waals surface area contributed by atoms with Crippen LogP contribution in [0.3, 0.4) is 0 Å². The van der Waals surface area contributed by atoms with Gasteiger partial charge in [0, 0.05) is 12.3 Å². The number of nitrogens with zero attached hydrogens (tertiary/aromatic N) is 4. The van der Waals surface area contributed by atoms with Crippen LogP contribution in [0.15, 0.2) is 42.9 Å². The van der Waals surface area contributed by atoms with Crippen LogP contribution in [0.5, 0.6) is 0 Å². The highest BCUT2D eigenvalue weighted by Crippen LogP contribution is 2.42. The largest absolute Gasteiger partial charge is 0.387 e. The summed E-state index contributed by atoms with van der Waals surface area (Å²) in [5.41, 5.74) is -0.998. The molecule has 0 spiro atoms. The van der Waals surface area contributed by atoms with Crippen LogP contribution in [0.4, 0.5) is 8.78 Å². The Labute approximate surface area is 192 Å². The zero-order valence-corrected chi connectivity index (χ0v) is 18.2. The molecule has 0 aliphatic heterocycles. The van der Waals surface area contributed by atoms with Crippen molar-refractivity contribution in [3.05, 3.63) is 70.0 Å². The monoisotopic (exact) mass is 481 g/mol. The maximum absolute atomic E-state index is 14.2. The van der Waals surface area contributed by atoms with E-state index in [1.165, 1.54) is 47.7 Å². The van der Waals surface area contributed by atoms with Gasteiger partial charge in [0.25, 0.3) is 5.91 Å². The molecule has 2 heterocycles. The number of benzene rings is 1. The topological polar surface area (TPSA) is 92.9 Å². The van der Waals surface area contributed by atoms with E-state index in [0.29, 0.717) is 0 Å². The maximum Gasteiger partial charge on any atom is 0.255 e. The molecule has 1 aliphatic rings. The summed E-state index contributed by atoms with van der Waals surface area (Å²) < 4.78 is 28.0. The molecule has 1 atom stereocenters. The third kappa shape index (κ3) is 4.46. The first-order valence-corrected chi connectivity index (χ1v) is 10.7. The van der Waals surface area contributed by atoms with E-state index in [4.69, 9.17) is 23.2 Å². The minimum absolute atomic E-state index is 0.0678. The Kier molecular flexibility index (Phi) is 6.41. The second-order valence-corrected chi connectivity index (χ2v) is 8.44. The van der Waals surface area contributed by atoms with Gasteiger partial charge < -0.3 is 10.4 Å². The minimum Gasteiger partial charge on any atom is -0.387 e. The highest BCUT2D eigenvalue weighted by atomic mass is 35.5. The predicted octanol–water partition coefficient (Wildman–Crippen LogP) is 4.22. The molecular weight excluding hydrogens is 463 g/mol. The molecule has 1 fully saturated rings. The lowest BCUT2D eigenvalue weighted by molar-refractivity contribution is -0.0445. The molecule has 1 saturated carbocycles. The highest BCUT2D eigenvalue weighted by molar-refractivity contribution is 6.31. The maximum atomic E-state index is 14.2. The van der Waals surface area contributed by atoms with E-state index in [0.717, 1.165) is 0 Å². The summed E-state index contributed by atoms with van der Waals surface area (Å²) >= 11 is 12.2. The van der Waals surface area contributed by atoms with Gasteiger partial charge >= 0.3 is 0 Å². The van der Waals surface area contributed by atoms with Crippen molar-refractivity contribution in [2.75, 3.05) is 0 Å². The van der Waals surface area contributed by atoms with E-state index in [-0.39, 0.29) is 52.7 Å². The van der Waals surface area contributed by atoms with Crippen LogP contribution in [0, 0.1) is 5.82 Å². The molecule has 0 saturated heterocycles. The first kappa shape index (κ1) is 22.6. The summed E-state index contributed by atoms with van der Waals surface area (Å²) in [6.45, 7) is 0. The fourth-order valence-electron chi connectivity index (χ4n) is 3.93. The number of pyridine rings is 1. The lowest BCUT2D eigenvalue weighted by atomic mass is 9.76. The average Bonchev–Trinajstić information content (AvgIpc) is 3.31. The van der Waals surface area contributed by atoms with Crippen molar-refractivity contribution < 1.29 is 18.7 Å². The summed E-state index contributed by atoms with van der Waals surface area (Å²) in [5.74, 6) is -1.33. The first-order chi connectivity index (χ1) is 15.3. The van der Waals surface area contributed by atoms with Gasteiger partial charge in [0.2, 0.25) is 0 Å². The second kappa shape index (κ2) is 9.09. The van der Waals surface area contributed by atoms with Crippen molar-refractivity contribution >= 4 is 29.1 Å². The van der Waals surface area contributed by atoms with Crippen LogP contribution in [-0.4, -0.2) is 42.8 Å². The standard InChI is InChI=1S/C21H19Cl2F2N5O2/c22-17-10-16(30-27-8-9-28-30)14(11-26-17)20(31)29-19(13-2-1-3-15(25)18(13)23)21(32)6-4-12(24)5-7-21/h1-3,8-12,19,32H,4-7H2,(H,29,31)/t12-,19?,21+. The van der Waals surface area contributed by atoms with Gasteiger partial charge in [-0.3, -0.25) is 4.79 Å². The fraction of sp³-hybridized carbons (Fsp3) is 0.333. The van der Waals surface area contributed by atoms with Gasteiger partial charge in [-0.25, -0.2) is 13.8 Å². The van der Waals surface area contributed by atoms with E-state index < -0.39 is 29.5 Å². The molecule has 168 valence electrons. The van der Waals surface area contributed by atoms with Gasteiger partial charge in [0.1, 0.15) is 22.8 Å². The number of amides is 1. The second-order valence-electron chi connectivity index (χ2n) is 7.67. The van der Waals surface area contributed by atoms with Crippen molar-refractivity contribution in [1.82, 2.24) is 25.3 Å². The smallest absolute Gasteiger partial charge is 0.255 e. The molecule has 0 bridgehead atoms. The predicted molar refractivity (Wildman–Crippen MR) is 114 cm³/mol. The van der Waals surface area contributed by atoms with E-state index in [2.05, 4.69) is 20.5 Å². The van der Waals surface area contributed by atoms with Crippen LogP contribution in [0.2, 0.25) is 10.2 Å². The molecule has 2 aromatic heterocycles. The van der Waals surface area contributed by atoms with Gasteiger partial charge in [-0.15, -0.1) is 0 Å². The SMILES string of the molecule is O=C(NC(c1cccc(F)c1Cl)[C@]1(O)CC[C@@H](F)CC1)c1cnc(Cl)cc1-n1nccn1. The van der Waals surface area contributed by atoms with Crippen LogP contribution in [0.25, 0.3) is 5.69 Å². The van der Waals surface area contributed by atoms with E-state index in [9.17, 15) is 18.7 Å². The summed E-state index contributed by atoms with van der Waals surface area (Å²) in [5, 5.41) is 22.1. The number of aliphatic hydroxyl groups is 1. The van der Waals surface area contributed by atoms with Crippen molar-refractivity contribution in [2.24, 2.45) is 0 Å². The molecule has 11 heteroatoms. The zero-order chi connectivity index (χ0) is 22.9. The highest BCUT2D eigenvalue weighted by Gasteiger charge is 2.43. The number of aromatic nitrogens is 4. The first-order valence-electron chi connectivity index (χ1n) is 9.92. The van der Waals surface area contributed by atoms with E-state index in [1.807, 2.05) is 0 Å². The Morgan fingerprint density at radius 2 is 1.94 bits per heavy atom. The van der Waals surface area contributed by atoms with Crippen molar-refractivity contribution in [3.8, 4) is 5.69 Å². The number of alkyl halides is 1. The number of hydrogen-bond donors (Lipinski definition) is 2. The normalized spacial score (nSPS) is 21.8. The fourth-order valence-corrected chi connectivity index (χ4v) is 4.31. The number of hydrogen-bond acceptors (Lipinski definition) is 5. The Morgan fingerprint density at radius 1 is 1.25 bits per heavy atom. The lowest BCUT2D eigenvalue weighted by Crippen LogP contribution is -2.48. The van der Waals surface area contributed by atoms with Crippen LogP contribution >= 0.6 is 23.2 Å². The van der Waals surface area contributed by atoms with Crippen LogP contribution < -0.4 is 5.32 Å². The Bertz CT molecular complexity index is 1120. The number of carbonyl (C=O) groups is 1. The van der Waals surface area contributed by atoms with Gasteiger partial charge in [0.15, 0.2) is 0 Å². The Balaban J connectivity index is 1.74. The molecule has 1 amide bonds. The Morgan fingerprint density at radius 3 is 2.62 bits per heavy atom.